The second-order valence-electron chi connectivity index (χ2n) is 4.57. The molecule has 3 unspecified atom stereocenters. The maximum Gasteiger partial charge on any atom is 0.320 e. The van der Waals surface area contributed by atoms with E-state index in [4.69, 9.17) is 4.74 Å². The average Bonchev–Trinajstić information content (AvgIpc) is 2.69. The normalized spacial score (nSPS) is 35.5. The maximum atomic E-state index is 11.3. The van der Waals surface area contributed by atoms with Crippen molar-refractivity contribution in [2.24, 2.45) is 11.8 Å². The summed E-state index contributed by atoms with van der Waals surface area (Å²) in [6.07, 6.45) is 1.88. The highest BCUT2D eigenvalue weighted by Gasteiger charge is 2.42. The maximum absolute atomic E-state index is 11.3. The highest BCUT2D eigenvalue weighted by atomic mass is 16.5. The van der Waals surface area contributed by atoms with Crippen LogP contribution in [0.3, 0.4) is 0 Å². The van der Waals surface area contributed by atoms with Gasteiger partial charge in [0, 0.05) is 19.0 Å². The van der Waals surface area contributed by atoms with Gasteiger partial charge in [0.15, 0.2) is 0 Å². The van der Waals surface area contributed by atoms with Crippen molar-refractivity contribution in [3.8, 4) is 0 Å². The van der Waals surface area contributed by atoms with Crippen molar-refractivity contribution >= 4 is 5.97 Å². The molecule has 1 saturated carbocycles. The summed E-state index contributed by atoms with van der Waals surface area (Å²) in [7, 11) is 0. The number of carbonyl (C=O) groups excluding carboxylic acids is 1. The zero-order valence-corrected chi connectivity index (χ0v) is 9.19. The van der Waals surface area contributed by atoms with E-state index >= 15 is 0 Å². The molecule has 1 N–H and O–H groups in total. The van der Waals surface area contributed by atoms with Gasteiger partial charge in [0.2, 0.25) is 0 Å². The van der Waals surface area contributed by atoms with Gasteiger partial charge in [-0.15, -0.1) is 0 Å². The van der Waals surface area contributed by atoms with Crippen LogP contribution in [0.5, 0.6) is 0 Å². The molecule has 2 aliphatic rings. The molecular weight excluding hydrogens is 194 g/mol. The number of aliphatic hydroxyl groups excluding tert-OH is 1. The second-order valence-corrected chi connectivity index (χ2v) is 4.57. The second kappa shape index (κ2) is 4.49. The molecule has 1 aliphatic heterocycles. The Morgan fingerprint density at radius 2 is 2.27 bits per heavy atom. The largest absolute Gasteiger partial charge is 0.465 e. The third-order valence-electron chi connectivity index (χ3n) is 3.55. The molecule has 0 spiro atoms. The highest BCUT2D eigenvalue weighted by molar-refractivity contribution is 5.71. The van der Waals surface area contributed by atoms with E-state index in [-0.39, 0.29) is 12.1 Å². The minimum absolute atomic E-state index is 0.146. The smallest absolute Gasteiger partial charge is 0.320 e. The summed E-state index contributed by atoms with van der Waals surface area (Å²) in [4.78, 5) is 13.4. The molecule has 0 aromatic carbocycles. The van der Waals surface area contributed by atoms with Gasteiger partial charge in [0.05, 0.1) is 19.3 Å². The molecule has 0 amide bonds. The average molecular weight is 213 g/mol. The van der Waals surface area contributed by atoms with Crippen LogP contribution in [0, 0.1) is 11.8 Å². The summed E-state index contributed by atoms with van der Waals surface area (Å²) in [5, 5.41) is 9.71. The van der Waals surface area contributed by atoms with E-state index in [1.165, 1.54) is 0 Å². The first-order valence-corrected chi connectivity index (χ1v) is 5.76. The molecule has 86 valence electrons. The predicted octanol–water partition coefficient (Wildman–Crippen LogP) is 0.252. The molecule has 4 nitrogen and oxygen atoms in total. The van der Waals surface area contributed by atoms with Gasteiger partial charge >= 0.3 is 5.97 Å². The van der Waals surface area contributed by atoms with Crippen LogP contribution in [0.1, 0.15) is 19.8 Å². The van der Waals surface area contributed by atoms with Crippen LogP contribution in [0.15, 0.2) is 0 Å². The van der Waals surface area contributed by atoms with Crippen LogP contribution in [-0.4, -0.2) is 48.3 Å². The van der Waals surface area contributed by atoms with Gasteiger partial charge < -0.3 is 9.84 Å². The number of fused-ring (bicyclic) bond motifs is 1. The van der Waals surface area contributed by atoms with Crippen molar-refractivity contribution in [1.29, 1.82) is 0 Å². The Kier molecular flexibility index (Phi) is 3.26. The molecule has 2 fully saturated rings. The summed E-state index contributed by atoms with van der Waals surface area (Å²) >= 11 is 0. The van der Waals surface area contributed by atoms with Crippen LogP contribution in [0.2, 0.25) is 0 Å². The minimum atomic E-state index is -0.151. The number of aliphatic hydroxyl groups is 1. The number of hydrogen-bond acceptors (Lipinski definition) is 4. The first kappa shape index (κ1) is 10.9. The third-order valence-corrected chi connectivity index (χ3v) is 3.55. The number of ether oxygens (including phenoxy) is 1. The molecular formula is C11H19NO3. The highest BCUT2D eigenvalue weighted by Crippen LogP contribution is 2.37. The summed E-state index contributed by atoms with van der Waals surface area (Å²) in [6.45, 7) is 4.45. The fraction of sp³-hybridized carbons (Fsp3) is 0.909. The Bertz CT molecular complexity index is 244. The summed E-state index contributed by atoms with van der Waals surface area (Å²) < 4.78 is 4.91. The molecule has 0 bridgehead atoms. The zero-order valence-electron chi connectivity index (χ0n) is 9.19. The van der Waals surface area contributed by atoms with Crippen molar-refractivity contribution in [2.75, 3.05) is 26.2 Å². The Morgan fingerprint density at radius 1 is 1.47 bits per heavy atom. The fourth-order valence-electron chi connectivity index (χ4n) is 2.85. The number of hydrogen-bond donors (Lipinski definition) is 1. The number of carbonyl (C=O) groups is 1. The molecule has 0 aromatic heterocycles. The van der Waals surface area contributed by atoms with Gasteiger partial charge in [-0.3, -0.25) is 9.69 Å². The SMILES string of the molecule is CCOC(=O)CN1CC2CCC(O)C2C1. The molecule has 1 aliphatic carbocycles. The van der Waals surface area contributed by atoms with Crippen molar-refractivity contribution in [3.05, 3.63) is 0 Å². The molecule has 1 heterocycles. The van der Waals surface area contributed by atoms with E-state index < -0.39 is 0 Å². The monoisotopic (exact) mass is 213 g/mol. The molecule has 0 radical (unpaired) electrons. The van der Waals surface area contributed by atoms with Gasteiger partial charge in [-0.05, 0) is 25.7 Å². The fourth-order valence-corrected chi connectivity index (χ4v) is 2.85. The van der Waals surface area contributed by atoms with Crippen LogP contribution in [-0.2, 0) is 9.53 Å². The molecule has 2 rings (SSSR count). The lowest BCUT2D eigenvalue weighted by Crippen LogP contribution is -2.31. The number of likely N-dealkylation sites (tertiary alicyclic amines) is 1. The van der Waals surface area contributed by atoms with Crippen molar-refractivity contribution < 1.29 is 14.6 Å². The lowest BCUT2D eigenvalue weighted by Gasteiger charge is -2.16. The quantitative estimate of drug-likeness (QED) is 0.683. The molecule has 3 atom stereocenters. The van der Waals surface area contributed by atoms with Gasteiger partial charge in [-0.25, -0.2) is 0 Å². The minimum Gasteiger partial charge on any atom is -0.465 e. The van der Waals surface area contributed by atoms with E-state index in [0.29, 0.717) is 25.0 Å². The van der Waals surface area contributed by atoms with Gasteiger partial charge in [0.1, 0.15) is 0 Å². The van der Waals surface area contributed by atoms with Crippen LogP contribution in [0.25, 0.3) is 0 Å². The number of nitrogens with zero attached hydrogens (tertiary/aromatic N) is 1. The number of esters is 1. The summed E-state index contributed by atoms with van der Waals surface area (Å²) in [6, 6.07) is 0. The molecule has 15 heavy (non-hydrogen) atoms. The van der Waals surface area contributed by atoms with Gasteiger partial charge in [0.25, 0.3) is 0 Å². The predicted molar refractivity (Wildman–Crippen MR) is 55.3 cm³/mol. The lowest BCUT2D eigenvalue weighted by atomic mass is 10.00. The molecule has 0 aromatic rings. The zero-order chi connectivity index (χ0) is 10.8. The summed E-state index contributed by atoms with van der Waals surface area (Å²) in [5.74, 6) is 0.834. The Morgan fingerprint density at radius 3 is 2.93 bits per heavy atom. The Balaban J connectivity index is 1.81. The van der Waals surface area contributed by atoms with E-state index in [2.05, 4.69) is 4.90 Å². The van der Waals surface area contributed by atoms with E-state index in [1.807, 2.05) is 6.92 Å². The molecule has 1 saturated heterocycles. The van der Waals surface area contributed by atoms with E-state index in [1.54, 1.807) is 0 Å². The van der Waals surface area contributed by atoms with Crippen molar-refractivity contribution in [3.63, 3.8) is 0 Å². The standard InChI is InChI=1S/C11H19NO3/c1-2-15-11(14)7-12-5-8-3-4-10(13)9(8)6-12/h8-10,13H,2-7H2,1H3. The lowest BCUT2D eigenvalue weighted by molar-refractivity contribution is -0.144. The molecule has 4 heteroatoms. The Hall–Kier alpha value is -0.610. The number of rotatable bonds is 3. The van der Waals surface area contributed by atoms with Crippen LogP contribution >= 0.6 is 0 Å². The van der Waals surface area contributed by atoms with E-state index in [0.717, 1.165) is 25.9 Å². The Labute approximate surface area is 90.2 Å². The third kappa shape index (κ3) is 2.32. The van der Waals surface area contributed by atoms with Gasteiger partial charge in [-0.2, -0.15) is 0 Å². The summed E-state index contributed by atoms with van der Waals surface area (Å²) in [5.41, 5.74) is 0. The van der Waals surface area contributed by atoms with Crippen molar-refractivity contribution in [1.82, 2.24) is 4.90 Å². The topological polar surface area (TPSA) is 49.8 Å². The van der Waals surface area contributed by atoms with Crippen LogP contribution < -0.4 is 0 Å². The van der Waals surface area contributed by atoms with E-state index in [9.17, 15) is 9.90 Å². The first-order valence-electron chi connectivity index (χ1n) is 5.76. The first-order chi connectivity index (χ1) is 7.20. The van der Waals surface area contributed by atoms with Crippen LogP contribution in [0.4, 0.5) is 0 Å². The van der Waals surface area contributed by atoms with Crippen molar-refractivity contribution in [2.45, 2.75) is 25.9 Å². The van der Waals surface area contributed by atoms with Gasteiger partial charge in [-0.1, -0.05) is 0 Å².